The maximum absolute atomic E-state index is 12.6. The quantitative estimate of drug-likeness (QED) is 0.522. The largest absolute Gasteiger partial charge is 0.268 e. The summed E-state index contributed by atoms with van der Waals surface area (Å²) in [7, 11) is 0. The fraction of sp³-hybridized carbons (Fsp3) is 0.286. The molecule has 0 aliphatic carbocycles. The Bertz CT molecular complexity index is 277. The normalized spacial score (nSPS) is 10.8. The Labute approximate surface area is 72.2 Å². The van der Waals surface area contributed by atoms with Crippen molar-refractivity contribution in [3.8, 4) is 0 Å². The smallest absolute Gasteiger partial charge is 0.223 e. The van der Waals surface area contributed by atoms with Gasteiger partial charge in [0.15, 0.2) is 0 Å². The van der Waals surface area contributed by atoms with E-state index in [1.807, 2.05) is 0 Å². The predicted molar refractivity (Wildman–Crippen MR) is 38.7 cm³/mol. The predicted octanol–water partition coefficient (Wildman–Crippen LogP) is 2.90. The maximum Gasteiger partial charge on any atom is 0.268 e. The van der Waals surface area contributed by atoms with Crippen molar-refractivity contribution in [2.24, 2.45) is 0 Å². The molecule has 0 aliphatic heterocycles. The number of aromatic nitrogens is 1. The molecule has 0 amide bonds. The number of halogens is 4. The van der Waals surface area contributed by atoms with Gasteiger partial charge in [-0.1, -0.05) is 0 Å². The van der Waals surface area contributed by atoms with E-state index in [0.29, 0.717) is 0 Å². The highest BCUT2D eigenvalue weighted by Gasteiger charge is 2.14. The molecule has 0 aliphatic rings. The number of hydrogen-bond donors (Lipinski definition) is 0. The second-order valence-corrected chi connectivity index (χ2v) is 2.38. The summed E-state index contributed by atoms with van der Waals surface area (Å²) in [5.41, 5.74) is -0.442. The van der Waals surface area contributed by atoms with Gasteiger partial charge in [-0.15, -0.1) is 11.6 Å². The van der Waals surface area contributed by atoms with Gasteiger partial charge in [-0.2, -0.15) is 4.39 Å². The van der Waals surface area contributed by atoms with E-state index in [9.17, 15) is 13.2 Å². The lowest BCUT2D eigenvalue weighted by molar-refractivity contribution is 0.145. The van der Waals surface area contributed by atoms with Crippen LogP contribution in [0, 0.1) is 5.95 Å². The van der Waals surface area contributed by atoms with E-state index in [4.69, 9.17) is 11.6 Å². The Balaban J connectivity index is 3.03. The zero-order valence-electron chi connectivity index (χ0n) is 5.90. The van der Waals surface area contributed by atoms with E-state index in [-0.39, 0.29) is 11.6 Å². The zero-order chi connectivity index (χ0) is 9.14. The second kappa shape index (κ2) is 3.76. The molecule has 1 aromatic rings. The lowest BCUT2D eigenvalue weighted by atomic mass is 10.2. The van der Waals surface area contributed by atoms with Crippen molar-refractivity contribution < 1.29 is 13.2 Å². The van der Waals surface area contributed by atoms with Crippen LogP contribution < -0.4 is 0 Å². The minimum absolute atomic E-state index is 0.0143. The summed E-state index contributed by atoms with van der Waals surface area (Å²) < 4.78 is 36.5. The Morgan fingerprint density at radius 2 is 2.08 bits per heavy atom. The molecule has 0 atom stereocenters. The Morgan fingerprint density at radius 3 is 2.50 bits per heavy atom. The van der Waals surface area contributed by atoms with Crippen molar-refractivity contribution in [1.29, 1.82) is 0 Å². The van der Waals surface area contributed by atoms with E-state index in [1.165, 1.54) is 6.07 Å². The average molecular weight is 196 g/mol. The van der Waals surface area contributed by atoms with E-state index < -0.39 is 17.9 Å². The van der Waals surface area contributed by atoms with Crippen LogP contribution in [0.5, 0.6) is 0 Å². The van der Waals surface area contributed by atoms with Crippen molar-refractivity contribution in [2.75, 3.05) is 0 Å². The second-order valence-electron chi connectivity index (χ2n) is 2.12. The zero-order valence-corrected chi connectivity index (χ0v) is 6.65. The Morgan fingerprint density at radius 1 is 1.42 bits per heavy atom. The number of pyridine rings is 1. The van der Waals surface area contributed by atoms with Crippen molar-refractivity contribution >= 4 is 11.6 Å². The van der Waals surface area contributed by atoms with Gasteiger partial charge in [0.1, 0.15) is 0 Å². The van der Waals surface area contributed by atoms with Gasteiger partial charge in [0.2, 0.25) is 5.95 Å². The lowest BCUT2D eigenvalue weighted by Crippen LogP contribution is -1.97. The van der Waals surface area contributed by atoms with Crippen molar-refractivity contribution in [2.45, 2.75) is 12.3 Å². The minimum Gasteiger partial charge on any atom is -0.223 e. The molecule has 0 saturated heterocycles. The van der Waals surface area contributed by atoms with Crippen LogP contribution in [-0.4, -0.2) is 4.98 Å². The minimum atomic E-state index is -2.83. The highest BCUT2D eigenvalue weighted by atomic mass is 35.5. The van der Waals surface area contributed by atoms with E-state index in [0.717, 1.165) is 6.07 Å². The van der Waals surface area contributed by atoms with Crippen LogP contribution in [-0.2, 0) is 5.88 Å². The molecule has 1 heterocycles. The van der Waals surface area contributed by atoms with Gasteiger partial charge in [0.25, 0.3) is 6.43 Å². The summed E-state index contributed by atoms with van der Waals surface area (Å²) in [5, 5.41) is 0. The van der Waals surface area contributed by atoms with Gasteiger partial charge in [-0.25, -0.2) is 13.8 Å². The molecular formula is C7H5ClF3N. The molecule has 12 heavy (non-hydrogen) atoms. The van der Waals surface area contributed by atoms with Gasteiger partial charge < -0.3 is 0 Å². The van der Waals surface area contributed by atoms with Crippen LogP contribution in [0.4, 0.5) is 13.2 Å². The summed E-state index contributed by atoms with van der Waals surface area (Å²) in [6, 6.07) is 2.27. The van der Waals surface area contributed by atoms with Crippen molar-refractivity contribution in [3.63, 3.8) is 0 Å². The molecule has 0 radical (unpaired) electrons. The van der Waals surface area contributed by atoms with Crippen LogP contribution in [0.3, 0.4) is 0 Å². The molecule has 0 aromatic carbocycles. The van der Waals surface area contributed by atoms with Crippen LogP contribution in [0.25, 0.3) is 0 Å². The average Bonchev–Trinajstić information content (AvgIpc) is 2.03. The fourth-order valence-electron chi connectivity index (χ4n) is 0.720. The van der Waals surface area contributed by atoms with Crippen LogP contribution in [0.1, 0.15) is 17.7 Å². The summed E-state index contributed by atoms with van der Waals surface area (Å²) in [4.78, 5) is 3.23. The van der Waals surface area contributed by atoms with Gasteiger partial charge >= 0.3 is 0 Å². The maximum atomic E-state index is 12.6. The molecular weight excluding hydrogens is 191 g/mol. The molecule has 1 rings (SSSR count). The Kier molecular flexibility index (Phi) is 2.92. The topological polar surface area (TPSA) is 12.9 Å². The molecule has 0 bridgehead atoms. The Hall–Kier alpha value is -0.770. The molecule has 0 fully saturated rings. The van der Waals surface area contributed by atoms with Crippen molar-refractivity contribution in [1.82, 2.24) is 4.98 Å². The van der Waals surface area contributed by atoms with Gasteiger partial charge in [-0.3, -0.25) is 0 Å². The standard InChI is InChI=1S/C7H5ClF3N/c8-3-4-1-2-5(6(9)10)7(11)12-4/h1-2,6H,3H2. The van der Waals surface area contributed by atoms with E-state index in [1.54, 1.807) is 0 Å². The number of alkyl halides is 3. The number of hydrogen-bond acceptors (Lipinski definition) is 1. The highest BCUT2D eigenvalue weighted by Crippen LogP contribution is 2.20. The third kappa shape index (κ3) is 1.88. The third-order valence-electron chi connectivity index (χ3n) is 1.31. The first-order valence-electron chi connectivity index (χ1n) is 3.14. The first-order chi connectivity index (χ1) is 5.65. The number of nitrogens with zero attached hydrogens (tertiary/aromatic N) is 1. The molecule has 0 saturated carbocycles. The molecule has 0 unspecified atom stereocenters. The molecule has 66 valence electrons. The summed E-state index contributed by atoms with van der Waals surface area (Å²) >= 11 is 5.31. The van der Waals surface area contributed by atoms with E-state index in [2.05, 4.69) is 4.98 Å². The van der Waals surface area contributed by atoms with Crippen molar-refractivity contribution in [3.05, 3.63) is 29.3 Å². The summed E-state index contributed by atoms with van der Waals surface area (Å²) in [6.45, 7) is 0. The molecule has 0 N–H and O–H groups in total. The molecule has 0 spiro atoms. The first-order valence-corrected chi connectivity index (χ1v) is 3.68. The highest BCUT2D eigenvalue weighted by molar-refractivity contribution is 6.16. The molecule has 5 heteroatoms. The van der Waals surface area contributed by atoms with E-state index >= 15 is 0 Å². The van der Waals surface area contributed by atoms with Gasteiger partial charge in [0.05, 0.1) is 17.1 Å². The molecule has 1 nitrogen and oxygen atoms in total. The third-order valence-corrected chi connectivity index (χ3v) is 1.58. The lowest BCUT2D eigenvalue weighted by Gasteiger charge is -2.01. The van der Waals surface area contributed by atoms with Gasteiger partial charge in [0, 0.05) is 0 Å². The SMILES string of the molecule is Fc1nc(CCl)ccc1C(F)F. The van der Waals surface area contributed by atoms with Gasteiger partial charge in [-0.05, 0) is 12.1 Å². The number of rotatable bonds is 2. The molecule has 1 aromatic heterocycles. The van der Waals surface area contributed by atoms with Crippen LogP contribution >= 0.6 is 11.6 Å². The first kappa shape index (κ1) is 9.32. The summed E-state index contributed by atoms with van der Waals surface area (Å²) in [6.07, 6.45) is -2.83. The van der Waals surface area contributed by atoms with Crippen LogP contribution in [0.2, 0.25) is 0 Å². The fourth-order valence-corrected chi connectivity index (χ4v) is 0.869. The van der Waals surface area contributed by atoms with Crippen LogP contribution in [0.15, 0.2) is 12.1 Å². The summed E-state index contributed by atoms with van der Waals surface area (Å²) in [5.74, 6) is -1.14. The monoisotopic (exact) mass is 195 g/mol.